The zero-order valence-electron chi connectivity index (χ0n) is 25.2. The molecule has 4 aromatic carbocycles. The fraction of sp³-hybridized carbons (Fsp3) is 0.182. The topological polar surface area (TPSA) is 138 Å². The summed E-state index contributed by atoms with van der Waals surface area (Å²) in [6, 6.07) is 22.5. The van der Waals surface area contributed by atoms with Crippen LogP contribution in [-0.4, -0.2) is 52.5 Å². The molecule has 0 fully saturated rings. The minimum absolute atomic E-state index is 0.0858. The second-order valence-electron chi connectivity index (χ2n) is 9.75. The molecule has 0 aliphatic heterocycles. The highest BCUT2D eigenvalue weighted by Crippen LogP contribution is 2.37. The second-order valence-corrected chi connectivity index (χ2v) is 10.2. The summed E-state index contributed by atoms with van der Waals surface area (Å²) in [5.74, 6) is 1.26. The number of ether oxygens (including phenoxy) is 2. The molecule has 0 unspecified atom stereocenters. The Bertz CT molecular complexity index is 1760. The quantitative estimate of drug-likeness (QED) is 0.124. The smallest absolute Gasteiger partial charge is 0.231 e. The Balaban J connectivity index is 1.64. The van der Waals surface area contributed by atoms with E-state index < -0.39 is 0 Å². The van der Waals surface area contributed by atoms with Crippen molar-refractivity contribution in [3.8, 4) is 45.8 Å². The maximum atomic E-state index is 10.8. The summed E-state index contributed by atoms with van der Waals surface area (Å²) in [7, 11) is 3.02. The molecular weight excluding hydrogens is 594 g/mol. The van der Waals surface area contributed by atoms with Gasteiger partial charge in [0.05, 0.1) is 36.7 Å². The van der Waals surface area contributed by atoms with Crippen molar-refractivity contribution in [2.75, 3.05) is 37.5 Å². The first-order valence-corrected chi connectivity index (χ1v) is 14.5. The third-order valence-electron chi connectivity index (χ3n) is 6.98. The predicted molar refractivity (Wildman–Crippen MR) is 176 cm³/mol. The van der Waals surface area contributed by atoms with Crippen LogP contribution in [0.25, 0.3) is 22.8 Å². The molecule has 0 aliphatic rings. The Labute approximate surface area is 265 Å². The van der Waals surface area contributed by atoms with Crippen molar-refractivity contribution >= 4 is 40.3 Å². The summed E-state index contributed by atoms with van der Waals surface area (Å²) >= 11 is 6.03. The number of phenols is 2. The summed E-state index contributed by atoms with van der Waals surface area (Å²) < 4.78 is 10.5. The number of azo groups is 1. The monoisotopic (exact) mass is 625 g/mol. The number of anilines is 3. The van der Waals surface area contributed by atoms with Gasteiger partial charge in [-0.05, 0) is 80.6 Å². The maximum Gasteiger partial charge on any atom is 0.231 e. The maximum absolute atomic E-state index is 10.8. The van der Waals surface area contributed by atoms with Crippen LogP contribution in [0.3, 0.4) is 0 Å². The lowest BCUT2D eigenvalue weighted by atomic mass is 10.1. The molecule has 0 aliphatic carbocycles. The number of phenolic OH excluding ortho intramolecular Hbond substituents is 2. The van der Waals surface area contributed by atoms with Gasteiger partial charge in [-0.3, -0.25) is 0 Å². The predicted octanol–water partition coefficient (Wildman–Crippen LogP) is 8.29. The lowest BCUT2D eigenvalue weighted by Gasteiger charge is -2.22. The minimum Gasteiger partial charge on any atom is -0.507 e. The highest BCUT2D eigenvalue weighted by Gasteiger charge is 2.18. The van der Waals surface area contributed by atoms with Crippen LogP contribution in [0.5, 0.6) is 23.0 Å². The molecule has 0 amide bonds. The Hall–Kier alpha value is -5.42. The van der Waals surface area contributed by atoms with Gasteiger partial charge in [-0.25, -0.2) is 4.98 Å². The summed E-state index contributed by atoms with van der Waals surface area (Å²) in [5.41, 5.74) is 3.39. The minimum atomic E-state index is -0.0858. The van der Waals surface area contributed by atoms with Crippen LogP contribution in [0.2, 0.25) is 5.02 Å². The van der Waals surface area contributed by atoms with E-state index in [1.54, 1.807) is 48.5 Å². The van der Waals surface area contributed by atoms with Gasteiger partial charge in [-0.2, -0.15) is 15.1 Å². The first kappa shape index (κ1) is 31.0. The van der Waals surface area contributed by atoms with Crippen LogP contribution < -0.4 is 19.7 Å². The van der Waals surface area contributed by atoms with E-state index in [0.717, 1.165) is 18.8 Å². The van der Waals surface area contributed by atoms with Gasteiger partial charge in [0, 0.05) is 35.9 Å². The number of methoxy groups -OCH3 is 2. The third kappa shape index (κ3) is 7.22. The normalized spacial score (nSPS) is 11.0. The lowest BCUT2D eigenvalue weighted by Crippen LogP contribution is -2.21. The van der Waals surface area contributed by atoms with Crippen LogP contribution in [0.4, 0.5) is 28.7 Å². The van der Waals surface area contributed by atoms with Crippen LogP contribution in [0.15, 0.2) is 89.1 Å². The number of nitrogens with one attached hydrogen (secondary N) is 1. The summed E-state index contributed by atoms with van der Waals surface area (Å²) in [5, 5.41) is 34.4. The van der Waals surface area contributed by atoms with Gasteiger partial charge >= 0.3 is 0 Å². The zero-order valence-corrected chi connectivity index (χ0v) is 25.9. The summed E-state index contributed by atoms with van der Waals surface area (Å²) in [6.45, 7) is 5.76. The van der Waals surface area contributed by atoms with E-state index in [9.17, 15) is 10.2 Å². The molecule has 0 radical (unpaired) electrons. The van der Waals surface area contributed by atoms with Gasteiger partial charge in [-0.1, -0.05) is 11.6 Å². The van der Waals surface area contributed by atoms with Gasteiger partial charge in [0.25, 0.3) is 0 Å². The fourth-order valence-electron chi connectivity index (χ4n) is 4.56. The molecule has 5 aromatic rings. The van der Waals surface area contributed by atoms with E-state index >= 15 is 0 Å². The van der Waals surface area contributed by atoms with E-state index in [1.807, 2.05) is 18.2 Å². The van der Waals surface area contributed by atoms with Gasteiger partial charge in [0.2, 0.25) is 5.95 Å². The highest BCUT2D eigenvalue weighted by atomic mass is 35.5. The molecule has 3 N–H and O–H groups in total. The van der Waals surface area contributed by atoms with Crippen molar-refractivity contribution in [1.29, 1.82) is 0 Å². The van der Waals surface area contributed by atoms with E-state index in [-0.39, 0.29) is 29.1 Å². The van der Waals surface area contributed by atoms with Crippen molar-refractivity contribution in [2.45, 2.75) is 13.8 Å². The number of benzene rings is 4. The molecule has 1 aromatic heterocycles. The number of rotatable bonds is 11. The molecule has 12 heteroatoms. The lowest BCUT2D eigenvalue weighted by molar-refractivity contribution is 0.408. The number of aromatic hydroxyl groups is 2. The van der Waals surface area contributed by atoms with E-state index in [2.05, 4.69) is 49.2 Å². The number of hydrogen-bond donors (Lipinski definition) is 3. The van der Waals surface area contributed by atoms with Crippen LogP contribution in [0.1, 0.15) is 13.8 Å². The second kappa shape index (κ2) is 13.9. The van der Waals surface area contributed by atoms with Gasteiger partial charge in [-0.15, -0.1) is 5.11 Å². The number of hydrogen-bond acceptors (Lipinski definition) is 11. The molecule has 0 saturated carbocycles. The van der Waals surface area contributed by atoms with Gasteiger partial charge in [0.1, 0.15) is 28.7 Å². The SMILES string of the molecule is CCN(CC)c1ccc(N=Nc2ccc(Cl)cc2)c(Nc2nc(-c3ccc(OC)cc3O)nc(-c3ccc(OC)cc3O)n2)c1. The molecule has 230 valence electrons. The Kier molecular flexibility index (Phi) is 9.59. The molecular formula is C33H32ClN7O4. The standard InChI is InChI=1S/C33H32ClN7O4/c1-5-41(6-2)22-11-16-27(40-39-21-9-7-20(34)8-10-21)28(17-22)35-33-37-31(25-14-12-23(44-3)18-29(25)42)36-32(38-33)26-15-13-24(45-4)19-30(26)43/h7-19,42-43H,5-6H2,1-4H3,(H,35,36,37,38). The molecule has 45 heavy (non-hydrogen) atoms. The number of nitrogens with zero attached hydrogens (tertiary/aromatic N) is 6. The van der Waals surface area contributed by atoms with Gasteiger partial charge < -0.3 is 29.9 Å². The van der Waals surface area contributed by atoms with Crippen molar-refractivity contribution in [1.82, 2.24) is 15.0 Å². The average molecular weight is 626 g/mol. The van der Waals surface area contributed by atoms with E-state index in [4.69, 9.17) is 21.1 Å². The van der Waals surface area contributed by atoms with Crippen molar-refractivity contribution < 1.29 is 19.7 Å². The van der Waals surface area contributed by atoms with Gasteiger partial charge in [0.15, 0.2) is 11.6 Å². The molecule has 0 spiro atoms. The van der Waals surface area contributed by atoms with E-state index in [0.29, 0.717) is 44.7 Å². The fourth-order valence-corrected chi connectivity index (χ4v) is 4.69. The number of aromatic nitrogens is 3. The average Bonchev–Trinajstić information content (AvgIpc) is 3.05. The molecule has 0 atom stereocenters. The molecule has 0 saturated heterocycles. The number of halogens is 1. The first-order chi connectivity index (χ1) is 21.8. The molecule has 0 bridgehead atoms. The Morgan fingerprint density at radius 3 is 1.82 bits per heavy atom. The zero-order chi connectivity index (χ0) is 31.9. The van der Waals surface area contributed by atoms with Crippen molar-refractivity contribution in [3.05, 3.63) is 83.9 Å². The Morgan fingerprint density at radius 1 is 0.733 bits per heavy atom. The van der Waals surface area contributed by atoms with E-state index in [1.165, 1.54) is 26.4 Å². The third-order valence-corrected chi connectivity index (χ3v) is 7.23. The summed E-state index contributed by atoms with van der Waals surface area (Å²) in [6.07, 6.45) is 0. The van der Waals surface area contributed by atoms with Crippen molar-refractivity contribution in [2.24, 2.45) is 10.2 Å². The van der Waals surface area contributed by atoms with Crippen LogP contribution >= 0.6 is 11.6 Å². The first-order valence-electron chi connectivity index (χ1n) is 14.2. The summed E-state index contributed by atoms with van der Waals surface area (Å²) in [4.78, 5) is 16.1. The molecule has 1 heterocycles. The molecule has 11 nitrogen and oxygen atoms in total. The van der Waals surface area contributed by atoms with Crippen LogP contribution in [-0.2, 0) is 0 Å². The molecule has 5 rings (SSSR count). The van der Waals surface area contributed by atoms with Crippen molar-refractivity contribution in [3.63, 3.8) is 0 Å². The largest absolute Gasteiger partial charge is 0.507 e. The highest BCUT2D eigenvalue weighted by molar-refractivity contribution is 6.30. The van der Waals surface area contributed by atoms with Crippen LogP contribution in [0, 0.1) is 0 Å². The Morgan fingerprint density at radius 2 is 1.31 bits per heavy atom.